The number of hydrogen-bond acceptors (Lipinski definition) is 6. The summed E-state index contributed by atoms with van der Waals surface area (Å²) in [5, 5.41) is 10.2. The summed E-state index contributed by atoms with van der Waals surface area (Å²) in [5.41, 5.74) is 1.04. The lowest BCUT2D eigenvalue weighted by molar-refractivity contribution is 0.102. The number of benzene rings is 2. The molecule has 1 amide bonds. The molecule has 3 aromatic rings. The van der Waals surface area contributed by atoms with Crippen molar-refractivity contribution in [2.45, 2.75) is 31.1 Å². The number of sulfonamides is 1. The van der Waals surface area contributed by atoms with Crippen molar-refractivity contribution < 1.29 is 22.0 Å². The highest BCUT2D eigenvalue weighted by Gasteiger charge is 2.28. The molecule has 0 bridgehead atoms. The Bertz CT molecular complexity index is 1190. The largest absolute Gasteiger partial charge is 0.407 e. The Hall–Kier alpha value is -3.11. The van der Waals surface area contributed by atoms with Crippen molar-refractivity contribution in [3.63, 3.8) is 0 Å². The molecule has 0 saturated carbocycles. The number of carbonyl (C=O) groups excluding carboxylic acids is 1. The SMILES string of the molecule is C[C@@H]1CCCN(S(=O)(=O)c2ccc(C(=O)Nc3nnc(Cc4ccc(F)cc4)o3)cc2)C1. The molecule has 2 heterocycles. The van der Waals surface area contributed by atoms with Gasteiger partial charge in [-0.15, -0.1) is 5.10 Å². The van der Waals surface area contributed by atoms with Crippen molar-refractivity contribution >= 4 is 21.9 Å². The van der Waals surface area contributed by atoms with Gasteiger partial charge in [0.25, 0.3) is 5.91 Å². The Morgan fingerprint density at radius 3 is 2.56 bits per heavy atom. The molecular weight excluding hydrogens is 435 g/mol. The van der Waals surface area contributed by atoms with Gasteiger partial charge in [-0.1, -0.05) is 24.2 Å². The fourth-order valence-electron chi connectivity index (χ4n) is 3.61. The minimum atomic E-state index is -3.59. The third-order valence-corrected chi connectivity index (χ3v) is 7.21. The highest BCUT2D eigenvalue weighted by atomic mass is 32.2. The molecule has 0 aliphatic carbocycles. The Morgan fingerprint density at radius 1 is 1.16 bits per heavy atom. The normalized spacial score (nSPS) is 17.2. The van der Waals surface area contributed by atoms with Crippen LogP contribution in [0.25, 0.3) is 0 Å². The van der Waals surface area contributed by atoms with Gasteiger partial charge in [0.2, 0.25) is 15.9 Å². The van der Waals surface area contributed by atoms with E-state index in [0.29, 0.717) is 25.4 Å². The quantitative estimate of drug-likeness (QED) is 0.606. The maximum atomic E-state index is 13.0. The molecule has 168 valence electrons. The van der Waals surface area contributed by atoms with Gasteiger partial charge in [0, 0.05) is 18.7 Å². The summed E-state index contributed by atoms with van der Waals surface area (Å²) in [4.78, 5) is 12.6. The molecule has 4 rings (SSSR count). The van der Waals surface area contributed by atoms with Crippen LogP contribution in [0.5, 0.6) is 0 Å². The molecular formula is C22H23FN4O4S. The number of aromatic nitrogens is 2. The number of anilines is 1. The molecule has 1 saturated heterocycles. The average molecular weight is 459 g/mol. The lowest BCUT2D eigenvalue weighted by atomic mass is 10.0. The van der Waals surface area contributed by atoms with Crippen molar-refractivity contribution in [1.29, 1.82) is 0 Å². The monoisotopic (exact) mass is 458 g/mol. The Kier molecular flexibility index (Phi) is 6.33. The predicted octanol–water partition coefficient (Wildman–Crippen LogP) is 3.47. The van der Waals surface area contributed by atoms with Gasteiger partial charge in [-0.2, -0.15) is 4.31 Å². The van der Waals surface area contributed by atoms with Crippen LogP contribution >= 0.6 is 0 Å². The van der Waals surface area contributed by atoms with E-state index in [-0.39, 0.29) is 28.2 Å². The van der Waals surface area contributed by atoms with E-state index in [4.69, 9.17) is 4.42 Å². The van der Waals surface area contributed by atoms with Crippen molar-refractivity contribution in [2.24, 2.45) is 5.92 Å². The molecule has 10 heteroatoms. The van der Waals surface area contributed by atoms with Gasteiger partial charge in [-0.05, 0) is 60.7 Å². The first kappa shape index (κ1) is 22.1. The predicted molar refractivity (Wildman–Crippen MR) is 115 cm³/mol. The fraction of sp³-hybridized carbons (Fsp3) is 0.318. The minimum Gasteiger partial charge on any atom is -0.407 e. The van der Waals surface area contributed by atoms with E-state index in [9.17, 15) is 17.6 Å². The van der Waals surface area contributed by atoms with Crippen molar-refractivity contribution in [3.8, 4) is 0 Å². The van der Waals surface area contributed by atoms with Gasteiger partial charge in [-0.3, -0.25) is 10.1 Å². The second kappa shape index (κ2) is 9.17. The third-order valence-electron chi connectivity index (χ3n) is 5.33. The van der Waals surface area contributed by atoms with Gasteiger partial charge in [0.1, 0.15) is 5.82 Å². The summed E-state index contributed by atoms with van der Waals surface area (Å²) in [6.07, 6.45) is 2.16. The number of hydrogen-bond donors (Lipinski definition) is 1. The molecule has 8 nitrogen and oxygen atoms in total. The Morgan fingerprint density at radius 2 is 1.88 bits per heavy atom. The molecule has 1 atom stereocenters. The first-order chi connectivity index (χ1) is 15.3. The molecule has 32 heavy (non-hydrogen) atoms. The zero-order valence-corrected chi connectivity index (χ0v) is 18.3. The standard InChI is InChI=1S/C22H23FN4O4S/c1-15-3-2-12-27(14-15)32(29,30)19-10-6-17(7-11-19)21(28)24-22-26-25-20(31-22)13-16-4-8-18(23)9-5-16/h4-11,15H,2-3,12-14H2,1H3,(H,24,26,28)/t15-/m1/s1. The maximum absolute atomic E-state index is 13.0. The molecule has 1 aliphatic heterocycles. The van der Waals surface area contributed by atoms with Gasteiger partial charge < -0.3 is 4.42 Å². The van der Waals surface area contributed by atoms with Crippen molar-refractivity contribution in [3.05, 3.63) is 71.4 Å². The molecule has 0 spiro atoms. The second-order valence-electron chi connectivity index (χ2n) is 7.89. The van der Waals surface area contributed by atoms with E-state index in [1.807, 2.05) is 6.92 Å². The first-order valence-electron chi connectivity index (χ1n) is 10.3. The lowest BCUT2D eigenvalue weighted by Gasteiger charge is -2.30. The van der Waals surface area contributed by atoms with E-state index < -0.39 is 15.9 Å². The number of rotatable bonds is 6. The summed E-state index contributed by atoms with van der Waals surface area (Å²) in [6.45, 7) is 3.05. The summed E-state index contributed by atoms with van der Waals surface area (Å²) >= 11 is 0. The third kappa shape index (κ3) is 5.03. The van der Waals surface area contributed by atoms with Crippen LogP contribution in [0.3, 0.4) is 0 Å². The number of nitrogens with one attached hydrogen (secondary N) is 1. The maximum Gasteiger partial charge on any atom is 0.322 e. The van der Waals surface area contributed by atoms with Crippen LogP contribution in [0, 0.1) is 11.7 Å². The van der Waals surface area contributed by atoms with E-state index in [0.717, 1.165) is 18.4 Å². The number of nitrogens with zero attached hydrogens (tertiary/aromatic N) is 3. The zero-order chi connectivity index (χ0) is 22.7. The van der Waals surface area contributed by atoms with Gasteiger partial charge in [0.05, 0.1) is 11.3 Å². The molecule has 1 aromatic heterocycles. The number of amides is 1. The van der Waals surface area contributed by atoms with Crippen LogP contribution in [0.4, 0.5) is 10.4 Å². The first-order valence-corrected chi connectivity index (χ1v) is 11.7. The fourth-order valence-corrected chi connectivity index (χ4v) is 5.21. The summed E-state index contributed by atoms with van der Waals surface area (Å²) in [5.74, 6) is -0.246. The van der Waals surface area contributed by atoms with Crippen LogP contribution in [0.1, 0.15) is 41.6 Å². The van der Waals surface area contributed by atoms with Crippen LogP contribution in [0.15, 0.2) is 57.8 Å². The molecule has 0 radical (unpaired) electrons. The summed E-state index contributed by atoms with van der Waals surface area (Å²) < 4.78 is 45.6. The number of piperidine rings is 1. The summed E-state index contributed by atoms with van der Waals surface area (Å²) in [7, 11) is -3.59. The van der Waals surface area contributed by atoms with E-state index >= 15 is 0 Å². The molecule has 1 N–H and O–H groups in total. The highest BCUT2D eigenvalue weighted by molar-refractivity contribution is 7.89. The van der Waals surface area contributed by atoms with Gasteiger partial charge in [0.15, 0.2) is 0 Å². The molecule has 2 aromatic carbocycles. The van der Waals surface area contributed by atoms with E-state index in [1.54, 1.807) is 12.1 Å². The second-order valence-corrected chi connectivity index (χ2v) is 9.83. The van der Waals surface area contributed by atoms with Crippen LogP contribution in [0.2, 0.25) is 0 Å². The molecule has 1 aliphatic rings. The summed E-state index contributed by atoms with van der Waals surface area (Å²) in [6, 6.07) is 11.6. The topological polar surface area (TPSA) is 105 Å². The van der Waals surface area contributed by atoms with Crippen molar-refractivity contribution in [2.75, 3.05) is 18.4 Å². The Balaban J connectivity index is 1.40. The highest BCUT2D eigenvalue weighted by Crippen LogP contribution is 2.24. The lowest BCUT2D eigenvalue weighted by Crippen LogP contribution is -2.39. The Labute approximate surface area is 185 Å². The van der Waals surface area contributed by atoms with Crippen molar-refractivity contribution in [1.82, 2.24) is 14.5 Å². The minimum absolute atomic E-state index is 0.0777. The van der Waals surface area contributed by atoms with Crippen LogP contribution in [-0.2, 0) is 16.4 Å². The van der Waals surface area contributed by atoms with Gasteiger partial charge >= 0.3 is 6.01 Å². The van der Waals surface area contributed by atoms with Gasteiger partial charge in [-0.25, -0.2) is 12.8 Å². The van der Waals surface area contributed by atoms with E-state index in [1.165, 1.54) is 40.7 Å². The molecule has 1 fully saturated rings. The number of halogens is 1. The van der Waals surface area contributed by atoms with E-state index in [2.05, 4.69) is 15.5 Å². The smallest absolute Gasteiger partial charge is 0.322 e. The molecule has 0 unspecified atom stereocenters. The zero-order valence-electron chi connectivity index (χ0n) is 17.5. The average Bonchev–Trinajstić information content (AvgIpc) is 3.22. The number of carbonyl (C=O) groups is 1. The van der Waals surface area contributed by atoms with Crippen LogP contribution < -0.4 is 5.32 Å². The van der Waals surface area contributed by atoms with Crippen LogP contribution in [-0.4, -0.2) is 41.9 Å².